The minimum absolute atomic E-state index is 0.335. The molecule has 0 spiro atoms. The quantitative estimate of drug-likeness (QED) is 0.483. The Morgan fingerprint density at radius 1 is 1.11 bits per heavy atom. The largest absolute Gasteiger partial charge is 0.253 e. The molecule has 1 aromatic carbocycles. The number of hydrogen-bond donors (Lipinski definition) is 1. The predicted molar refractivity (Wildman–Crippen MR) is 111 cm³/mol. The molecule has 1 fully saturated rings. The highest BCUT2D eigenvalue weighted by Crippen LogP contribution is 2.27. The van der Waals surface area contributed by atoms with Gasteiger partial charge in [0.15, 0.2) is 0 Å². The summed E-state index contributed by atoms with van der Waals surface area (Å²) in [7, 11) is -3.38. The Kier molecular flexibility index (Phi) is 5.35. The van der Waals surface area contributed by atoms with Crippen LogP contribution in [0.5, 0.6) is 0 Å². The van der Waals surface area contributed by atoms with Gasteiger partial charge in [0.2, 0.25) is 15.2 Å². The lowest BCUT2D eigenvalue weighted by molar-refractivity contribution is 0.477. The predicted octanol–water partition coefficient (Wildman–Crippen LogP) is 4.10. The molecule has 0 aliphatic carbocycles. The van der Waals surface area contributed by atoms with Gasteiger partial charge in [0.25, 0.3) is 0 Å². The molecule has 3 heterocycles. The molecule has 0 radical (unpaired) electrons. The minimum Gasteiger partial charge on any atom is -0.253 e. The molecule has 0 bridgehead atoms. The van der Waals surface area contributed by atoms with Gasteiger partial charge in [0.05, 0.1) is 16.8 Å². The molecule has 3 aromatic rings. The maximum atomic E-state index is 12.6. The van der Waals surface area contributed by atoms with Crippen LogP contribution in [0.25, 0.3) is 11.3 Å². The average Bonchev–Trinajstić information content (AvgIpc) is 3.44. The molecule has 0 amide bonds. The van der Waals surface area contributed by atoms with Crippen molar-refractivity contribution in [2.45, 2.75) is 17.7 Å². The third-order valence-electron chi connectivity index (χ3n) is 4.25. The van der Waals surface area contributed by atoms with E-state index >= 15 is 0 Å². The van der Waals surface area contributed by atoms with E-state index in [2.05, 4.69) is 15.5 Å². The van der Waals surface area contributed by atoms with E-state index in [4.69, 9.17) is 0 Å². The van der Waals surface area contributed by atoms with Crippen LogP contribution in [0.15, 0.2) is 57.2 Å². The first-order valence-corrected chi connectivity index (χ1v) is 11.7. The van der Waals surface area contributed by atoms with Gasteiger partial charge in [-0.3, -0.25) is 5.43 Å². The monoisotopic (exact) mass is 418 g/mol. The fraction of sp³-hybridized carbons (Fsp3) is 0.222. The fourth-order valence-corrected chi connectivity index (χ4v) is 5.62. The maximum absolute atomic E-state index is 12.6. The molecule has 140 valence electrons. The van der Waals surface area contributed by atoms with Gasteiger partial charge in [-0.05, 0) is 36.4 Å². The summed E-state index contributed by atoms with van der Waals surface area (Å²) in [5.74, 6) is 0. The highest BCUT2D eigenvalue weighted by atomic mass is 32.2. The molecule has 27 heavy (non-hydrogen) atoms. The fourth-order valence-electron chi connectivity index (χ4n) is 2.85. The van der Waals surface area contributed by atoms with Crippen molar-refractivity contribution < 1.29 is 8.42 Å². The van der Waals surface area contributed by atoms with Crippen molar-refractivity contribution in [3.63, 3.8) is 0 Å². The lowest BCUT2D eigenvalue weighted by Gasteiger charge is -2.15. The van der Waals surface area contributed by atoms with Crippen LogP contribution in [-0.4, -0.2) is 37.0 Å². The molecule has 2 aromatic heterocycles. The average molecular weight is 419 g/mol. The van der Waals surface area contributed by atoms with Crippen molar-refractivity contribution in [1.29, 1.82) is 0 Å². The molecular formula is C18H18N4O2S3. The van der Waals surface area contributed by atoms with E-state index in [1.165, 1.54) is 11.3 Å². The summed E-state index contributed by atoms with van der Waals surface area (Å²) in [6.07, 6.45) is 3.62. The number of sulfonamides is 1. The molecule has 0 atom stereocenters. The normalized spacial score (nSPS) is 15.6. The summed E-state index contributed by atoms with van der Waals surface area (Å²) in [4.78, 5) is 5.91. The van der Waals surface area contributed by atoms with Crippen LogP contribution in [0.4, 0.5) is 5.13 Å². The SMILES string of the molecule is O=S(=O)(c1ccc(-c2csc(N/N=C\c3cccs3)n2)cc1)N1CCCC1. The van der Waals surface area contributed by atoms with E-state index in [-0.39, 0.29) is 0 Å². The van der Waals surface area contributed by atoms with Gasteiger partial charge in [-0.1, -0.05) is 18.2 Å². The molecule has 1 saturated heterocycles. The maximum Gasteiger partial charge on any atom is 0.243 e. The van der Waals surface area contributed by atoms with E-state index < -0.39 is 10.0 Å². The molecule has 4 rings (SSSR count). The standard InChI is InChI=1S/C18H18N4O2S3/c23-27(24,22-9-1-2-10-22)16-7-5-14(6-8-16)17-13-26-18(20-17)21-19-12-15-4-3-11-25-15/h3-8,11-13H,1-2,9-10H2,(H,20,21)/b19-12-. The van der Waals surface area contributed by atoms with Gasteiger partial charge in [0.1, 0.15) is 0 Å². The minimum atomic E-state index is -3.38. The van der Waals surface area contributed by atoms with Gasteiger partial charge in [0, 0.05) is 28.9 Å². The molecular weight excluding hydrogens is 400 g/mol. The molecule has 0 unspecified atom stereocenters. The van der Waals surface area contributed by atoms with Crippen LogP contribution in [0.3, 0.4) is 0 Å². The van der Waals surface area contributed by atoms with Crippen molar-refractivity contribution in [3.8, 4) is 11.3 Å². The molecule has 0 saturated carbocycles. The number of benzene rings is 1. The van der Waals surface area contributed by atoms with Crippen LogP contribution in [-0.2, 0) is 10.0 Å². The van der Waals surface area contributed by atoms with Crippen LogP contribution in [0.2, 0.25) is 0 Å². The second-order valence-electron chi connectivity index (χ2n) is 6.06. The van der Waals surface area contributed by atoms with Crippen LogP contribution in [0, 0.1) is 0 Å². The zero-order valence-electron chi connectivity index (χ0n) is 14.4. The first-order valence-electron chi connectivity index (χ1n) is 8.52. The second-order valence-corrected chi connectivity index (χ2v) is 9.83. The van der Waals surface area contributed by atoms with E-state index in [1.54, 1.807) is 46.1 Å². The summed E-state index contributed by atoms with van der Waals surface area (Å²) in [5.41, 5.74) is 4.59. The first kappa shape index (κ1) is 18.3. The lowest BCUT2D eigenvalue weighted by Crippen LogP contribution is -2.27. The van der Waals surface area contributed by atoms with Gasteiger partial charge >= 0.3 is 0 Å². The molecule has 1 aliphatic heterocycles. The van der Waals surface area contributed by atoms with Crippen molar-refractivity contribution in [2.24, 2.45) is 5.10 Å². The summed E-state index contributed by atoms with van der Waals surface area (Å²) < 4.78 is 26.7. The number of rotatable bonds is 6. The number of hydrogen-bond acceptors (Lipinski definition) is 7. The van der Waals surface area contributed by atoms with Gasteiger partial charge in [-0.15, -0.1) is 22.7 Å². The van der Waals surface area contributed by atoms with Gasteiger partial charge in [-0.2, -0.15) is 9.41 Å². The summed E-state index contributed by atoms with van der Waals surface area (Å²) >= 11 is 3.07. The molecule has 6 nitrogen and oxygen atoms in total. The Morgan fingerprint density at radius 2 is 1.89 bits per heavy atom. The van der Waals surface area contributed by atoms with Crippen molar-refractivity contribution in [3.05, 3.63) is 52.0 Å². The number of nitrogens with one attached hydrogen (secondary N) is 1. The molecule has 1 N–H and O–H groups in total. The third-order valence-corrected chi connectivity index (χ3v) is 7.72. The van der Waals surface area contributed by atoms with Crippen molar-refractivity contribution >= 4 is 44.0 Å². The van der Waals surface area contributed by atoms with E-state index in [1.807, 2.05) is 22.9 Å². The number of aromatic nitrogens is 1. The highest BCUT2D eigenvalue weighted by molar-refractivity contribution is 7.89. The summed E-state index contributed by atoms with van der Waals surface area (Å²) in [5, 5.41) is 8.79. The van der Waals surface area contributed by atoms with Crippen LogP contribution in [0.1, 0.15) is 17.7 Å². The van der Waals surface area contributed by atoms with Crippen molar-refractivity contribution in [1.82, 2.24) is 9.29 Å². The van der Waals surface area contributed by atoms with Crippen LogP contribution < -0.4 is 5.43 Å². The molecule has 9 heteroatoms. The summed E-state index contributed by atoms with van der Waals surface area (Å²) in [6, 6.07) is 10.9. The van der Waals surface area contributed by atoms with E-state index in [0.717, 1.165) is 29.0 Å². The Morgan fingerprint density at radius 3 is 2.59 bits per heavy atom. The molecule has 1 aliphatic rings. The number of thiophene rings is 1. The number of anilines is 1. The Bertz CT molecular complexity index is 1020. The third kappa shape index (κ3) is 4.11. The first-order chi connectivity index (χ1) is 13.1. The summed E-state index contributed by atoms with van der Waals surface area (Å²) in [6.45, 7) is 1.22. The van der Waals surface area contributed by atoms with Crippen molar-refractivity contribution in [2.75, 3.05) is 18.5 Å². The smallest absolute Gasteiger partial charge is 0.243 e. The Labute approximate surface area is 166 Å². The van der Waals surface area contributed by atoms with Gasteiger partial charge < -0.3 is 0 Å². The second kappa shape index (κ2) is 7.89. The van der Waals surface area contributed by atoms with E-state index in [0.29, 0.717) is 23.1 Å². The van der Waals surface area contributed by atoms with Gasteiger partial charge in [-0.25, -0.2) is 13.4 Å². The zero-order chi connectivity index (χ0) is 18.7. The Hall–Kier alpha value is -2.07. The Balaban J connectivity index is 1.45. The number of hydrazone groups is 1. The zero-order valence-corrected chi connectivity index (χ0v) is 16.9. The topological polar surface area (TPSA) is 74.7 Å². The number of thiazole rings is 1. The highest BCUT2D eigenvalue weighted by Gasteiger charge is 2.26. The van der Waals surface area contributed by atoms with E-state index in [9.17, 15) is 8.42 Å². The lowest BCUT2D eigenvalue weighted by atomic mass is 10.2. The van der Waals surface area contributed by atoms with Crippen LogP contribution >= 0.6 is 22.7 Å². The number of nitrogens with zero attached hydrogens (tertiary/aromatic N) is 3.